The van der Waals surface area contributed by atoms with Crippen LogP contribution in [0.1, 0.15) is 5.69 Å². The van der Waals surface area contributed by atoms with Crippen molar-refractivity contribution >= 4 is 10.9 Å². The Kier molecular flexibility index (Phi) is 2.11. The van der Waals surface area contributed by atoms with Crippen LogP contribution < -0.4 is 0 Å². The van der Waals surface area contributed by atoms with E-state index in [0.29, 0.717) is 11.2 Å². The lowest BCUT2D eigenvalue weighted by Gasteiger charge is -1.99. The second kappa shape index (κ2) is 3.43. The highest BCUT2D eigenvalue weighted by molar-refractivity contribution is 5.79. The molecule has 0 spiro atoms. The summed E-state index contributed by atoms with van der Waals surface area (Å²) in [7, 11) is 0. The van der Waals surface area contributed by atoms with Gasteiger partial charge in [-0.2, -0.15) is 5.26 Å². The van der Waals surface area contributed by atoms with Crippen molar-refractivity contribution in [3.8, 4) is 6.07 Å². The molecule has 68 valence electrons. The van der Waals surface area contributed by atoms with E-state index in [1.165, 1.54) is 6.07 Å². The Labute approximate surface area is 80.6 Å². The fourth-order valence-electron chi connectivity index (χ4n) is 1.33. The highest BCUT2D eigenvalue weighted by Gasteiger charge is 2.02. The Balaban J connectivity index is 2.65. The summed E-state index contributed by atoms with van der Waals surface area (Å²) >= 11 is 0. The van der Waals surface area contributed by atoms with Crippen LogP contribution >= 0.6 is 0 Å². The molecule has 0 aliphatic carbocycles. The first-order valence-electron chi connectivity index (χ1n) is 4.22. The average molecular weight is 186 g/mol. The molecule has 14 heavy (non-hydrogen) atoms. The number of hydrogen-bond acceptors (Lipinski definition) is 2. The van der Waals surface area contributed by atoms with Crippen LogP contribution in [-0.4, -0.2) is 4.98 Å². The van der Waals surface area contributed by atoms with E-state index in [1.807, 2.05) is 6.07 Å². The molecule has 2 rings (SSSR count). The van der Waals surface area contributed by atoms with Crippen molar-refractivity contribution in [1.29, 1.82) is 5.26 Å². The molecule has 2 aromatic rings. The molecule has 0 atom stereocenters. The molecule has 0 saturated heterocycles. The maximum absolute atomic E-state index is 13.3. The van der Waals surface area contributed by atoms with Gasteiger partial charge in [0.15, 0.2) is 0 Å². The van der Waals surface area contributed by atoms with Crippen molar-refractivity contribution in [1.82, 2.24) is 4.98 Å². The third-order valence-corrected chi connectivity index (χ3v) is 1.99. The first-order chi connectivity index (χ1) is 6.81. The average Bonchev–Trinajstić information content (AvgIpc) is 2.20. The van der Waals surface area contributed by atoms with Gasteiger partial charge < -0.3 is 0 Å². The molecule has 1 aromatic heterocycles. The number of aromatic nitrogens is 1. The van der Waals surface area contributed by atoms with E-state index in [-0.39, 0.29) is 12.2 Å². The molecule has 0 radical (unpaired) electrons. The van der Waals surface area contributed by atoms with Gasteiger partial charge in [-0.1, -0.05) is 18.2 Å². The minimum Gasteiger partial charge on any atom is -0.249 e. The van der Waals surface area contributed by atoms with Crippen LogP contribution in [0.15, 0.2) is 30.3 Å². The quantitative estimate of drug-likeness (QED) is 0.685. The molecule has 1 aromatic carbocycles. The Hall–Kier alpha value is -1.95. The number of fused-ring (bicyclic) bond motifs is 1. The van der Waals surface area contributed by atoms with Crippen LogP contribution in [0.5, 0.6) is 0 Å². The van der Waals surface area contributed by atoms with E-state index in [0.717, 1.165) is 5.39 Å². The third kappa shape index (κ3) is 1.42. The van der Waals surface area contributed by atoms with Gasteiger partial charge >= 0.3 is 0 Å². The summed E-state index contributed by atoms with van der Waals surface area (Å²) < 4.78 is 13.3. The van der Waals surface area contributed by atoms with Gasteiger partial charge in [0.05, 0.1) is 18.2 Å². The molecule has 0 bridgehead atoms. The van der Waals surface area contributed by atoms with Crippen molar-refractivity contribution in [2.24, 2.45) is 0 Å². The summed E-state index contributed by atoms with van der Waals surface area (Å²) in [5.41, 5.74) is 0.936. The van der Waals surface area contributed by atoms with Crippen molar-refractivity contribution in [2.75, 3.05) is 0 Å². The second-order valence-corrected chi connectivity index (χ2v) is 2.95. The van der Waals surface area contributed by atoms with Crippen LogP contribution in [-0.2, 0) is 6.42 Å². The zero-order valence-electron chi connectivity index (χ0n) is 7.37. The van der Waals surface area contributed by atoms with Crippen LogP contribution in [0.3, 0.4) is 0 Å². The SMILES string of the molecule is N#CCc1ccc2cccc(F)c2n1. The number of rotatable bonds is 1. The molecule has 0 amide bonds. The first kappa shape index (κ1) is 8.64. The predicted octanol–water partition coefficient (Wildman–Crippen LogP) is 2.44. The van der Waals surface area contributed by atoms with E-state index in [1.54, 1.807) is 24.3 Å². The fourth-order valence-corrected chi connectivity index (χ4v) is 1.33. The van der Waals surface area contributed by atoms with Crippen LogP contribution in [0.2, 0.25) is 0 Å². The minimum atomic E-state index is -0.345. The number of para-hydroxylation sites is 1. The molecule has 0 aliphatic rings. The molecular weight excluding hydrogens is 179 g/mol. The van der Waals surface area contributed by atoms with Gasteiger partial charge in [-0.3, -0.25) is 0 Å². The topological polar surface area (TPSA) is 36.7 Å². The highest BCUT2D eigenvalue weighted by atomic mass is 19.1. The van der Waals surface area contributed by atoms with E-state index >= 15 is 0 Å². The van der Waals surface area contributed by atoms with Crippen LogP contribution in [0, 0.1) is 17.1 Å². The normalized spacial score (nSPS) is 10.0. The predicted molar refractivity (Wildman–Crippen MR) is 51.0 cm³/mol. The number of pyridine rings is 1. The van der Waals surface area contributed by atoms with Crippen molar-refractivity contribution in [2.45, 2.75) is 6.42 Å². The lowest BCUT2D eigenvalue weighted by Crippen LogP contribution is -1.90. The Morgan fingerprint density at radius 3 is 2.93 bits per heavy atom. The zero-order valence-corrected chi connectivity index (χ0v) is 7.37. The summed E-state index contributed by atoms with van der Waals surface area (Å²) in [6.45, 7) is 0. The van der Waals surface area contributed by atoms with E-state index < -0.39 is 0 Å². The van der Waals surface area contributed by atoms with Gasteiger partial charge in [-0.05, 0) is 12.1 Å². The van der Waals surface area contributed by atoms with E-state index in [2.05, 4.69) is 4.98 Å². The van der Waals surface area contributed by atoms with Gasteiger partial charge in [-0.15, -0.1) is 0 Å². The third-order valence-electron chi connectivity index (χ3n) is 1.99. The number of halogens is 1. The molecule has 2 nitrogen and oxygen atoms in total. The molecule has 0 aliphatic heterocycles. The molecule has 0 unspecified atom stereocenters. The number of nitrogens with zero attached hydrogens (tertiary/aromatic N) is 2. The van der Waals surface area contributed by atoms with Gasteiger partial charge in [0.25, 0.3) is 0 Å². The van der Waals surface area contributed by atoms with Crippen molar-refractivity contribution in [3.05, 3.63) is 41.8 Å². The summed E-state index contributed by atoms with van der Waals surface area (Å²) in [6, 6.07) is 10.3. The van der Waals surface area contributed by atoms with Gasteiger partial charge in [-0.25, -0.2) is 9.37 Å². The Morgan fingerprint density at radius 2 is 2.14 bits per heavy atom. The molecular formula is C11H7FN2. The van der Waals surface area contributed by atoms with Crippen molar-refractivity contribution in [3.63, 3.8) is 0 Å². The summed E-state index contributed by atoms with van der Waals surface area (Å²) in [5, 5.41) is 9.23. The lowest BCUT2D eigenvalue weighted by atomic mass is 10.2. The fraction of sp³-hybridized carbons (Fsp3) is 0.0909. The van der Waals surface area contributed by atoms with Gasteiger partial charge in [0, 0.05) is 5.39 Å². The monoisotopic (exact) mass is 186 g/mol. The highest BCUT2D eigenvalue weighted by Crippen LogP contribution is 2.15. The minimum absolute atomic E-state index is 0.213. The van der Waals surface area contributed by atoms with Gasteiger partial charge in [0.1, 0.15) is 11.3 Å². The smallest absolute Gasteiger partial charge is 0.149 e. The maximum Gasteiger partial charge on any atom is 0.149 e. The Morgan fingerprint density at radius 1 is 1.29 bits per heavy atom. The van der Waals surface area contributed by atoms with Crippen LogP contribution in [0.4, 0.5) is 4.39 Å². The van der Waals surface area contributed by atoms with Crippen LogP contribution in [0.25, 0.3) is 10.9 Å². The summed E-state index contributed by atoms with van der Waals surface area (Å²) in [6.07, 6.45) is 0.213. The van der Waals surface area contributed by atoms with Crippen molar-refractivity contribution < 1.29 is 4.39 Å². The Bertz CT molecular complexity index is 514. The maximum atomic E-state index is 13.3. The molecule has 0 N–H and O–H groups in total. The van der Waals surface area contributed by atoms with E-state index in [4.69, 9.17) is 5.26 Å². The number of nitriles is 1. The summed E-state index contributed by atoms with van der Waals surface area (Å²) in [4.78, 5) is 4.07. The number of hydrogen-bond donors (Lipinski definition) is 0. The molecule has 1 heterocycles. The van der Waals surface area contributed by atoms with Gasteiger partial charge in [0.2, 0.25) is 0 Å². The summed E-state index contributed by atoms with van der Waals surface area (Å²) in [5.74, 6) is -0.345. The molecule has 0 saturated carbocycles. The van der Waals surface area contributed by atoms with E-state index in [9.17, 15) is 4.39 Å². The molecule has 0 fully saturated rings. The zero-order chi connectivity index (χ0) is 9.97. The lowest BCUT2D eigenvalue weighted by molar-refractivity contribution is 0.636. The molecule has 3 heteroatoms. The standard InChI is InChI=1S/C11H7FN2/c12-10-3-1-2-8-4-5-9(6-7-13)14-11(8)10/h1-5H,6H2. The largest absolute Gasteiger partial charge is 0.249 e. The second-order valence-electron chi connectivity index (χ2n) is 2.95. The number of benzene rings is 1. The first-order valence-corrected chi connectivity index (χ1v) is 4.22.